The predicted molar refractivity (Wildman–Crippen MR) is 40.7 cm³/mol. The van der Waals surface area contributed by atoms with Gasteiger partial charge in [0, 0.05) is 0 Å². The molecule has 1 rings (SSSR count). The Morgan fingerprint density at radius 1 is 1.11 bits per heavy atom. The minimum absolute atomic E-state index is 0.814. The minimum atomic E-state index is 0.814. The van der Waals surface area contributed by atoms with Gasteiger partial charge in [0.25, 0.3) is 0 Å². The second-order valence-corrected chi connectivity index (χ2v) is 3.35. The first-order chi connectivity index (χ1) is 4.50. The van der Waals surface area contributed by atoms with Crippen LogP contribution in [0.5, 0.6) is 0 Å². The average molecular weight is 147 g/mol. The maximum atomic E-state index is 5.12. The Balaban J connectivity index is 2.02. The van der Waals surface area contributed by atoms with E-state index >= 15 is 0 Å². The molecule has 3 heteroatoms. The summed E-state index contributed by atoms with van der Waals surface area (Å²) in [5.74, 6) is 0. The van der Waals surface area contributed by atoms with Gasteiger partial charge in [0.15, 0.2) is 0 Å². The molecular formula is C6H14NOP. The van der Waals surface area contributed by atoms with Crippen molar-refractivity contribution in [2.45, 2.75) is 25.7 Å². The lowest BCUT2D eigenvalue weighted by Gasteiger charge is -1.99. The molecule has 1 atom stereocenters. The van der Waals surface area contributed by atoms with Gasteiger partial charge in [-0.1, -0.05) is 12.8 Å². The molecular weight excluding hydrogens is 133 g/mol. The molecule has 1 fully saturated rings. The van der Waals surface area contributed by atoms with Gasteiger partial charge in [0.2, 0.25) is 0 Å². The van der Waals surface area contributed by atoms with E-state index in [4.69, 9.17) is 4.84 Å². The molecule has 0 aromatic carbocycles. The minimum Gasteiger partial charge on any atom is -0.298 e. The van der Waals surface area contributed by atoms with Gasteiger partial charge in [-0.3, -0.25) is 4.84 Å². The molecule has 9 heavy (non-hydrogen) atoms. The number of hydrogen-bond acceptors (Lipinski definition) is 2. The van der Waals surface area contributed by atoms with E-state index < -0.39 is 0 Å². The summed E-state index contributed by atoms with van der Waals surface area (Å²) in [5, 5.41) is 2.96. The predicted octanol–water partition coefficient (Wildman–Crippen LogP) is 1.68. The fourth-order valence-corrected chi connectivity index (χ4v) is 1.63. The first-order valence-electron chi connectivity index (χ1n) is 3.60. The van der Waals surface area contributed by atoms with Crippen LogP contribution in [0.25, 0.3) is 0 Å². The molecule has 0 aliphatic carbocycles. The van der Waals surface area contributed by atoms with Gasteiger partial charge in [-0.2, -0.15) is 5.25 Å². The van der Waals surface area contributed by atoms with Gasteiger partial charge < -0.3 is 0 Å². The highest BCUT2D eigenvalue weighted by Gasteiger charge is 1.94. The van der Waals surface area contributed by atoms with Crippen molar-refractivity contribution >= 4 is 8.73 Å². The molecule has 1 heterocycles. The van der Waals surface area contributed by atoms with Gasteiger partial charge >= 0.3 is 0 Å². The van der Waals surface area contributed by atoms with E-state index in [-0.39, 0.29) is 0 Å². The molecule has 54 valence electrons. The Morgan fingerprint density at radius 2 is 2.00 bits per heavy atom. The van der Waals surface area contributed by atoms with Crippen LogP contribution in [0.2, 0.25) is 0 Å². The third kappa shape index (κ3) is 3.85. The molecule has 0 radical (unpaired) electrons. The monoisotopic (exact) mass is 147 g/mol. The van der Waals surface area contributed by atoms with Crippen molar-refractivity contribution in [1.82, 2.24) is 5.25 Å². The van der Waals surface area contributed by atoms with E-state index in [9.17, 15) is 0 Å². The maximum Gasteiger partial charge on any atom is 0.0685 e. The Labute approximate surface area is 58.1 Å². The van der Waals surface area contributed by atoms with Crippen LogP contribution in [0.4, 0.5) is 0 Å². The topological polar surface area (TPSA) is 21.3 Å². The van der Waals surface area contributed by atoms with Crippen molar-refractivity contribution in [1.29, 1.82) is 0 Å². The quantitative estimate of drug-likeness (QED) is 0.526. The van der Waals surface area contributed by atoms with Crippen LogP contribution in [0.15, 0.2) is 0 Å². The number of hydrogen-bond donors (Lipinski definition) is 1. The SMILES string of the molecule is C1CCCPNOCC1. The highest BCUT2D eigenvalue weighted by atomic mass is 31.1. The summed E-state index contributed by atoms with van der Waals surface area (Å²) in [4.78, 5) is 5.12. The average Bonchev–Trinajstić information content (AvgIpc) is 2.00. The smallest absolute Gasteiger partial charge is 0.0685 e. The van der Waals surface area contributed by atoms with Crippen LogP contribution in [-0.4, -0.2) is 12.8 Å². The molecule has 0 bridgehead atoms. The van der Waals surface area contributed by atoms with Gasteiger partial charge in [0.05, 0.1) is 6.61 Å². The first-order valence-corrected chi connectivity index (χ1v) is 4.80. The van der Waals surface area contributed by atoms with Crippen molar-refractivity contribution in [2.24, 2.45) is 0 Å². The summed E-state index contributed by atoms with van der Waals surface area (Å²) in [6, 6.07) is 0. The van der Waals surface area contributed by atoms with Crippen LogP contribution in [0.1, 0.15) is 25.7 Å². The molecule has 0 spiro atoms. The zero-order valence-electron chi connectivity index (χ0n) is 5.65. The van der Waals surface area contributed by atoms with Crippen molar-refractivity contribution < 1.29 is 4.84 Å². The van der Waals surface area contributed by atoms with Gasteiger partial charge in [-0.05, 0) is 27.7 Å². The zero-order valence-corrected chi connectivity index (χ0v) is 6.65. The van der Waals surface area contributed by atoms with E-state index in [1.54, 1.807) is 0 Å². The second kappa shape index (κ2) is 5.16. The summed E-state index contributed by atoms with van der Waals surface area (Å²) < 4.78 is 0. The van der Waals surface area contributed by atoms with Gasteiger partial charge in [0.1, 0.15) is 0 Å². The highest BCUT2D eigenvalue weighted by molar-refractivity contribution is 7.35. The molecule has 0 saturated carbocycles. The van der Waals surface area contributed by atoms with E-state index in [2.05, 4.69) is 5.25 Å². The van der Waals surface area contributed by atoms with Crippen molar-refractivity contribution in [2.75, 3.05) is 12.8 Å². The summed E-state index contributed by atoms with van der Waals surface area (Å²) in [7, 11) is 0.814. The van der Waals surface area contributed by atoms with Crippen LogP contribution in [0, 0.1) is 0 Å². The second-order valence-electron chi connectivity index (χ2n) is 2.29. The molecule has 0 aromatic heterocycles. The summed E-state index contributed by atoms with van der Waals surface area (Å²) in [5.41, 5.74) is 0. The van der Waals surface area contributed by atoms with Gasteiger partial charge in [-0.15, -0.1) is 0 Å². The maximum absolute atomic E-state index is 5.12. The Bertz CT molecular complexity index is 41.5. The lowest BCUT2D eigenvalue weighted by Crippen LogP contribution is -2.03. The van der Waals surface area contributed by atoms with Crippen LogP contribution < -0.4 is 5.25 Å². The molecule has 1 unspecified atom stereocenters. The van der Waals surface area contributed by atoms with E-state index in [1.807, 2.05) is 0 Å². The van der Waals surface area contributed by atoms with Crippen LogP contribution in [-0.2, 0) is 4.84 Å². The lowest BCUT2D eigenvalue weighted by atomic mass is 10.2. The molecule has 0 amide bonds. The molecule has 1 saturated heterocycles. The van der Waals surface area contributed by atoms with Crippen molar-refractivity contribution in [3.8, 4) is 0 Å². The van der Waals surface area contributed by atoms with E-state index in [1.165, 1.54) is 31.8 Å². The Kier molecular flexibility index (Phi) is 4.28. The summed E-state index contributed by atoms with van der Waals surface area (Å²) in [6.45, 7) is 0.896. The fourth-order valence-electron chi connectivity index (χ4n) is 0.894. The third-order valence-electron chi connectivity index (χ3n) is 1.44. The lowest BCUT2D eigenvalue weighted by molar-refractivity contribution is 0.0961. The molecule has 1 aliphatic heterocycles. The molecule has 1 N–H and O–H groups in total. The van der Waals surface area contributed by atoms with Gasteiger partial charge in [-0.25, -0.2) is 0 Å². The first kappa shape index (κ1) is 7.46. The van der Waals surface area contributed by atoms with E-state index in [0.717, 1.165) is 15.3 Å². The Hall–Kier alpha value is 0.350. The normalized spacial score (nSPS) is 26.7. The fraction of sp³-hybridized carbons (Fsp3) is 1.00. The standard InChI is InChI=1S/C6H14NOP/c1-2-4-6-9-7-8-5-3-1/h7,9H,1-6H2. The van der Waals surface area contributed by atoms with Crippen molar-refractivity contribution in [3.63, 3.8) is 0 Å². The Morgan fingerprint density at radius 3 is 3.00 bits per heavy atom. The molecule has 0 aromatic rings. The van der Waals surface area contributed by atoms with Crippen LogP contribution in [0.3, 0.4) is 0 Å². The van der Waals surface area contributed by atoms with Crippen molar-refractivity contribution in [3.05, 3.63) is 0 Å². The highest BCUT2D eigenvalue weighted by Crippen LogP contribution is 2.11. The van der Waals surface area contributed by atoms with E-state index in [0.29, 0.717) is 0 Å². The number of nitrogens with one attached hydrogen (secondary N) is 1. The van der Waals surface area contributed by atoms with Crippen LogP contribution >= 0.6 is 8.73 Å². The largest absolute Gasteiger partial charge is 0.298 e. The summed E-state index contributed by atoms with van der Waals surface area (Å²) in [6.07, 6.45) is 6.61. The molecule has 2 nitrogen and oxygen atoms in total. The zero-order chi connectivity index (χ0) is 6.36. The third-order valence-corrected chi connectivity index (χ3v) is 2.33. The molecule has 1 aliphatic rings. The number of rotatable bonds is 0. The summed E-state index contributed by atoms with van der Waals surface area (Å²) >= 11 is 0.